The molecule has 1 atom stereocenters. The molecule has 6 heteroatoms. The minimum atomic E-state index is -0.525. The van der Waals surface area contributed by atoms with Gasteiger partial charge in [0.2, 0.25) is 0 Å². The summed E-state index contributed by atoms with van der Waals surface area (Å²) in [6, 6.07) is 12.9. The third kappa shape index (κ3) is 6.66. The summed E-state index contributed by atoms with van der Waals surface area (Å²) in [4.78, 5) is 4.18. The average molecular weight is 340 g/mol. The van der Waals surface area contributed by atoms with Crippen molar-refractivity contribution in [1.82, 2.24) is 4.98 Å². The van der Waals surface area contributed by atoms with Crippen molar-refractivity contribution in [1.29, 1.82) is 0 Å². The number of aliphatic hydroxyl groups is 1. The highest BCUT2D eigenvalue weighted by atomic mass is 35.5. The molecule has 0 amide bonds. The second kappa shape index (κ2) is 9.69. The Hall–Kier alpha value is -1.27. The Morgan fingerprint density at radius 1 is 1.14 bits per heavy atom. The fourth-order valence-corrected chi connectivity index (χ4v) is 2.53. The van der Waals surface area contributed by atoms with Crippen molar-refractivity contribution in [3.8, 4) is 5.75 Å². The minimum Gasteiger partial charge on any atom is -0.491 e. The van der Waals surface area contributed by atoms with Crippen LogP contribution in [-0.2, 0) is 4.74 Å². The van der Waals surface area contributed by atoms with E-state index < -0.39 is 6.10 Å². The summed E-state index contributed by atoms with van der Waals surface area (Å²) in [5.41, 5.74) is 0. The minimum absolute atomic E-state index is 0.282. The van der Waals surface area contributed by atoms with Crippen molar-refractivity contribution >= 4 is 23.4 Å². The van der Waals surface area contributed by atoms with Gasteiger partial charge in [0.1, 0.15) is 12.4 Å². The smallest absolute Gasteiger partial charge is 0.119 e. The summed E-state index contributed by atoms with van der Waals surface area (Å²) >= 11 is 7.30. The predicted octanol–water partition coefficient (Wildman–Crippen LogP) is 3.28. The molecule has 1 heterocycles. The lowest BCUT2D eigenvalue weighted by molar-refractivity contribution is 0.0348. The fourth-order valence-electron chi connectivity index (χ4n) is 1.63. The van der Waals surface area contributed by atoms with E-state index in [9.17, 15) is 5.11 Å². The van der Waals surface area contributed by atoms with E-state index in [-0.39, 0.29) is 6.61 Å². The molecule has 1 aromatic heterocycles. The maximum absolute atomic E-state index is 9.83. The normalized spacial score (nSPS) is 12.1. The van der Waals surface area contributed by atoms with E-state index in [0.29, 0.717) is 24.0 Å². The highest BCUT2D eigenvalue weighted by Crippen LogP contribution is 2.16. The summed E-state index contributed by atoms with van der Waals surface area (Å²) in [7, 11) is 0. The van der Waals surface area contributed by atoms with Crippen LogP contribution in [-0.4, -0.2) is 41.8 Å². The Morgan fingerprint density at radius 2 is 1.95 bits per heavy atom. The van der Waals surface area contributed by atoms with Crippen LogP contribution in [0.25, 0.3) is 0 Å². The maximum Gasteiger partial charge on any atom is 0.119 e. The van der Waals surface area contributed by atoms with Gasteiger partial charge in [-0.1, -0.05) is 17.7 Å². The maximum atomic E-state index is 9.83. The molecule has 0 aliphatic heterocycles. The zero-order valence-electron chi connectivity index (χ0n) is 12.0. The highest BCUT2D eigenvalue weighted by molar-refractivity contribution is 7.99. The predicted molar refractivity (Wildman–Crippen MR) is 88.7 cm³/mol. The molecule has 0 aliphatic rings. The van der Waals surface area contributed by atoms with Crippen LogP contribution in [0.2, 0.25) is 5.02 Å². The standard InChI is InChI=1S/C16H18ClNO3S/c17-13-4-6-15(7-5-13)21-10-9-20-11-14(19)12-22-16-3-1-2-8-18-16/h1-8,14,19H,9-12H2. The van der Waals surface area contributed by atoms with Gasteiger partial charge in [-0.3, -0.25) is 0 Å². The number of nitrogens with zero attached hydrogens (tertiary/aromatic N) is 1. The first-order chi connectivity index (χ1) is 10.7. The number of hydrogen-bond acceptors (Lipinski definition) is 5. The van der Waals surface area contributed by atoms with E-state index in [1.54, 1.807) is 30.5 Å². The summed E-state index contributed by atoms with van der Waals surface area (Å²) in [5.74, 6) is 1.30. The first kappa shape index (κ1) is 17.1. The molecular formula is C16H18ClNO3S. The number of pyridine rings is 1. The third-order valence-electron chi connectivity index (χ3n) is 2.68. The van der Waals surface area contributed by atoms with Gasteiger partial charge in [0, 0.05) is 17.0 Å². The van der Waals surface area contributed by atoms with Crippen molar-refractivity contribution in [2.24, 2.45) is 0 Å². The van der Waals surface area contributed by atoms with Crippen LogP contribution in [0.4, 0.5) is 0 Å². The summed E-state index contributed by atoms with van der Waals surface area (Å²) in [6.07, 6.45) is 1.21. The van der Waals surface area contributed by atoms with Gasteiger partial charge in [-0.05, 0) is 36.4 Å². The van der Waals surface area contributed by atoms with Gasteiger partial charge >= 0.3 is 0 Å². The Balaban J connectivity index is 1.53. The van der Waals surface area contributed by atoms with E-state index >= 15 is 0 Å². The van der Waals surface area contributed by atoms with E-state index in [1.165, 1.54) is 11.8 Å². The number of rotatable bonds is 9. The second-order valence-electron chi connectivity index (χ2n) is 4.51. The Kier molecular flexibility index (Phi) is 7.53. The summed E-state index contributed by atoms with van der Waals surface area (Å²) in [6.45, 7) is 1.14. The van der Waals surface area contributed by atoms with Crippen LogP contribution in [0.3, 0.4) is 0 Å². The molecule has 118 valence electrons. The molecule has 22 heavy (non-hydrogen) atoms. The number of thioether (sulfide) groups is 1. The van der Waals surface area contributed by atoms with Gasteiger partial charge in [0.05, 0.1) is 24.3 Å². The molecule has 0 fully saturated rings. The van der Waals surface area contributed by atoms with E-state index in [2.05, 4.69) is 4.98 Å². The van der Waals surface area contributed by atoms with Crippen LogP contribution < -0.4 is 4.74 Å². The van der Waals surface area contributed by atoms with Gasteiger partial charge in [-0.15, -0.1) is 11.8 Å². The number of aromatic nitrogens is 1. The van der Waals surface area contributed by atoms with Crippen molar-refractivity contribution in [3.63, 3.8) is 0 Å². The topological polar surface area (TPSA) is 51.6 Å². The molecule has 2 rings (SSSR count). The van der Waals surface area contributed by atoms with E-state index in [4.69, 9.17) is 21.1 Å². The lowest BCUT2D eigenvalue weighted by Crippen LogP contribution is -2.20. The first-order valence-electron chi connectivity index (χ1n) is 6.92. The Labute approximate surface area is 139 Å². The molecular weight excluding hydrogens is 322 g/mol. The quantitative estimate of drug-likeness (QED) is 0.561. The fraction of sp³-hybridized carbons (Fsp3) is 0.312. The lowest BCUT2D eigenvalue weighted by Gasteiger charge is -2.11. The molecule has 0 bridgehead atoms. The van der Waals surface area contributed by atoms with Gasteiger partial charge in [-0.2, -0.15) is 0 Å². The summed E-state index contributed by atoms with van der Waals surface area (Å²) < 4.78 is 10.9. The van der Waals surface area contributed by atoms with Gasteiger partial charge in [-0.25, -0.2) is 4.98 Å². The lowest BCUT2D eigenvalue weighted by atomic mass is 10.3. The number of ether oxygens (including phenoxy) is 2. The first-order valence-corrected chi connectivity index (χ1v) is 8.28. The van der Waals surface area contributed by atoms with Crippen LogP contribution in [0.15, 0.2) is 53.7 Å². The van der Waals surface area contributed by atoms with Gasteiger partial charge in [0.15, 0.2) is 0 Å². The number of benzene rings is 1. The van der Waals surface area contributed by atoms with Crippen molar-refractivity contribution < 1.29 is 14.6 Å². The largest absolute Gasteiger partial charge is 0.491 e. The molecule has 0 saturated carbocycles. The second-order valence-corrected chi connectivity index (χ2v) is 5.99. The van der Waals surface area contributed by atoms with Crippen molar-refractivity contribution in [3.05, 3.63) is 53.7 Å². The zero-order chi connectivity index (χ0) is 15.6. The van der Waals surface area contributed by atoms with Crippen molar-refractivity contribution in [2.75, 3.05) is 25.6 Å². The van der Waals surface area contributed by atoms with E-state index in [0.717, 1.165) is 10.8 Å². The molecule has 1 aromatic carbocycles. The molecule has 4 nitrogen and oxygen atoms in total. The summed E-state index contributed by atoms with van der Waals surface area (Å²) in [5, 5.41) is 11.4. The molecule has 1 unspecified atom stereocenters. The number of halogens is 1. The molecule has 1 N–H and O–H groups in total. The van der Waals surface area contributed by atoms with Crippen molar-refractivity contribution in [2.45, 2.75) is 11.1 Å². The van der Waals surface area contributed by atoms with Crippen LogP contribution in [0, 0.1) is 0 Å². The van der Waals surface area contributed by atoms with E-state index in [1.807, 2.05) is 18.2 Å². The third-order valence-corrected chi connectivity index (χ3v) is 4.02. The molecule has 0 radical (unpaired) electrons. The van der Waals surface area contributed by atoms with Gasteiger partial charge < -0.3 is 14.6 Å². The number of hydrogen-bond donors (Lipinski definition) is 1. The van der Waals surface area contributed by atoms with Crippen LogP contribution in [0.5, 0.6) is 5.75 Å². The van der Waals surface area contributed by atoms with Crippen LogP contribution in [0.1, 0.15) is 0 Å². The van der Waals surface area contributed by atoms with Crippen LogP contribution >= 0.6 is 23.4 Å². The molecule has 0 saturated heterocycles. The molecule has 2 aromatic rings. The Morgan fingerprint density at radius 3 is 2.68 bits per heavy atom. The SMILES string of the molecule is OC(COCCOc1ccc(Cl)cc1)CSc1ccccn1. The molecule has 0 spiro atoms. The zero-order valence-corrected chi connectivity index (χ0v) is 13.6. The highest BCUT2D eigenvalue weighted by Gasteiger charge is 2.06. The number of aliphatic hydroxyl groups excluding tert-OH is 1. The Bertz CT molecular complexity index is 539. The molecule has 0 aliphatic carbocycles. The average Bonchev–Trinajstić information content (AvgIpc) is 2.55. The van der Waals surface area contributed by atoms with Gasteiger partial charge in [0.25, 0.3) is 0 Å². The monoisotopic (exact) mass is 339 g/mol.